The van der Waals surface area contributed by atoms with Gasteiger partial charge in [0.15, 0.2) is 5.78 Å². The molecule has 0 saturated carbocycles. The Balaban J connectivity index is 1.71. The Morgan fingerprint density at radius 2 is 2.28 bits per heavy atom. The Morgan fingerprint density at radius 3 is 2.92 bits per heavy atom. The quantitative estimate of drug-likeness (QED) is 0.729. The maximum absolute atomic E-state index is 13.3. The van der Waals surface area contributed by atoms with Gasteiger partial charge in [0, 0.05) is 29.6 Å². The minimum atomic E-state index is -1.13. The smallest absolute Gasteiger partial charge is 0.188 e. The lowest BCUT2D eigenvalue weighted by Gasteiger charge is -2.13. The first kappa shape index (κ1) is 17.9. The lowest BCUT2D eigenvalue weighted by Crippen LogP contribution is -2.17. The van der Waals surface area contributed by atoms with Gasteiger partial charge < -0.3 is 9.47 Å². The third kappa shape index (κ3) is 4.61. The van der Waals surface area contributed by atoms with E-state index in [4.69, 9.17) is 9.47 Å². The van der Waals surface area contributed by atoms with Crippen LogP contribution in [0.15, 0.2) is 17.5 Å². The molecule has 3 heterocycles. The van der Waals surface area contributed by atoms with Crippen molar-refractivity contribution in [2.24, 2.45) is 0 Å². The van der Waals surface area contributed by atoms with Crippen molar-refractivity contribution in [3.8, 4) is 5.75 Å². The van der Waals surface area contributed by atoms with E-state index in [1.165, 1.54) is 18.3 Å². The van der Waals surface area contributed by atoms with Crippen LogP contribution in [0.25, 0.3) is 0 Å². The number of halogens is 1. The molecule has 0 aromatic carbocycles. The third-order valence-electron chi connectivity index (χ3n) is 3.97. The van der Waals surface area contributed by atoms with E-state index < -0.39 is 6.17 Å². The summed E-state index contributed by atoms with van der Waals surface area (Å²) >= 11 is 1.29. The number of aromatic nitrogens is 2. The summed E-state index contributed by atoms with van der Waals surface area (Å²) in [5.41, 5.74) is 1.42. The van der Waals surface area contributed by atoms with Crippen molar-refractivity contribution >= 4 is 17.1 Å². The lowest BCUT2D eigenvalue weighted by molar-refractivity contribution is 0.0985. The summed E-state index contributed by atoms with van der Waals surface area (Å²) in [5, 5.41) is 2.24. The van der Waals surface area contributed by atoms with Crippen molar-refractivity contribution in [3.63, 3.8) is 0 Å². The highest BCUT2D eigenvalue weighted by Gasteiger charge is 2.24. The fraction of sp³-hybridized carbons (Fsp3) is 0.500. The van der Waals surface area contributed by atoms with Crippen LogP contribution in [0.5, 0.6) is 5.75 Å². The van der Waals surface area contributed by atoms with E-state index in [0.717, 1.165) is 6.42 Å². The molecular formula is C18H21FN2O3S. The van der Waals surface area contributed by atoms with Crippen LogP contribution < -0.4 is 4.74 Å². The van der Waals surface area contributed by atoms with Gasteiger partial charge in [-0.25, -0.2) is 14.4 Å². The van der Waals surface area contributed by atoms with E-state index in [1.54, 1.807) is 11.4 Å². The monoisotopic (exact) mass is 364 g/mol. The highest BCUT2D eigenvalue weighted by atomic mass is 32.1. The minimum Gasteiger partial charge on any atom is -0.488 e. The molecule has 1 fully saturated rings. The van der Waals surface area contributed by atoms with E-state index in [-0.39, 0.29) is 24.4 Å². The molecule has 0 N–H and O–H groups in total. The third-order valence-corrected chi connectivity index (χ3v) is 4.83. The molecule has 2 aromatic rings. The van der Waals surface area contributed by atoms with Crippen molar-refractivity contribution in [1.29, 1.82) is 0 Å². The van der Waals surface area contributed by atoms with Crippen LogP contribution in [0.4, 0.5) is 4.39 Å². The van der Waals surface area contributed by atoms with Crippen LogP contribution >= 0.6 is 11.3 Å². The average Bonchev–Trinajstić information content (AvgIpc) is 3.16. The summed E-state index contributed by atoms with van der Waals surface area (Å²) in [6.07, 6.45) is -0.0169. The summed E-state index contributed by atoms with van der Waals surface area (Å²) in [6, 6.07) is 3.47. The standard InChI is InChI=1S/C18H21FN2O3S/c1-10-4-13(24-14-5-11(2)23-8-14)6-15(20-10)17(22)7-18-21-16(9-25-18)12(3)19/h4,6,9,11-12,14H,5,7-8H2,1-3H3/t11-,12?,14-/m1/s1. The summed E-state index contributed by atoms with van der Waals surface area (Å²) in [6.45, 7) is 5.81. The molecule has 3 atom stereocenters. The van der Waals surface area contributed by atoms with Gasteiger partial charge in [-0.05, 0) is 20.8 Å². The Labute approximate surface area is 150 Å². The highest BCUT2D eigenvalue weighted by molar-refractivity contribution is 7.09. The van der Waals surface area contributed by atoms with Crippen molar-refractivity contribution in [3.05, 3.63) is 39.6 Å². The SMILES string of the molecule is Cc1cc(O[C@H]2CO[C@H](C)C2)cc(C(=O)Cc2nc(C(C)F)cs2)n1. The number of aryl methyl sites for hydroxylation is 1. The van der Waals surface area contributed by atoms with Gasteiger partial charge in [-0.15, -0.1) is 11.3 Å². The fourth-order valence-corrected chi connectivity index (χ4v) is 3.59. The zero-order valence-electron chi connectivity index (χ0n) is 14.5. The molecule has 0 radical (unpaired) electrons. The Bertz CT molecular complexity index is 763. The molecule has 2 aromatic heterocycles. The van der Waals surface area contributed by atoms with E-state index in [1.807, 2.05) is 19.9 Å². The van der Waals surface area contributed by atoms with Crippen LogP contribution in [0.2, 0.25) is 0 Å². The van der Waals surface area contributed by atoms with E-state index in [0.29, 0.717) is 34.4 Å². The second kappa shape index (κ2) is 7.58. The molecule has 5 nitrogen and oxygen atoms in total. The van der Waals surface area contributed by atoms with Crippen LogP contribution in [0.3, 0.4) is 0 Å². The molecule has 1 aliphatic heterocycles. The number of hydrogen-bond acceptors (Lipinski definition) is 6. The number of Topliss-reactive ketones (excluding diaryl/α,β-unsaturated/α-hetero) is 1. The second-order valence-corrected chi connectivity index (χ2v) is 7.27. The predicted molar refractivity (Wildman–Crippen MR) is 93.1 cm³/mol. The molecule has 0 spiro atoms. The molecule has 25 heavy (non-hydrogen) atoms. The van der Waals surface area contributed by atoms with Crippen molar-refractivity contribution in [2.45, 2.75) is 52.0 Å². The molecule has 0 bridgehead atoms. The van der Waals surface area contributed by atoms with Crippen molar-refractivity contribution < 1.29 is 18.7 Å². The molecule has 3 rings (SSSR count). The van der Waals surface area contributed by atoms with Crippen LogP contribution in [0.1, 0.15) is 53.3 Å². The highest BCUT2D eigenvalue weighted by Crippen LogP contribution is 2.23. The van der Waals surface area contributed by atoms with Gasteiger partial charge in [0.05, 0.1) is 24.8 Å². The maximum Gasteiger partial charge on any atom is 0.188 e. The largest absolute Gasteiger partial charge is 0.488 e. The Kier molecular flexibility index (Phi) is 5.44. The number of ketones is 1. The summed E-state index contributed by atoms with van der Waals surface area (Å²) < 4.78 is 24.7. The molecule has 1 unspecified atom stereocenters. The first-order valence-electron chi connectivity index (χ1n) is 8.29. The van der Waals surface area contributed by atoms with Crippen molar-refractivity contribution in [2.75, 3.05) is 6.61 Å². The first-order chi connectivity index (χ1) is 11.9. The minimum absolute atomic E-state index is 0.00712. The summed E-state index contributed by atoms with van der Waals surface area (Å²) in [4.78, 5) is 21.0. The number of carbonyl (C=O) groups excluding carboxylic acids is 1. The molecule has 0 aliphatic carbocycles. The van der Waals surface area contributed by atoms with Gasteiger partial charge in [-0.1, -0.05) is 0 Å². The number of alkyl halides is 1. The molecule has 134 valence electrons. The van der Waals surface area contributed by atoms with E-state index in [9.17, 15) is 9.18 Å². The first-order valence-corrected chi connectivity index (χ1v) is 9.17. The maximum atomic E-state index is 13.3. The van der Waals surface area contributed by atoms with Gasteiger partial charge in [-0.3, -0.25) is 4.79 Å². The van der Waals surface area contributed by atoms with Gasteiger partial charge in [-0.2, -0.15) is 0 Å². The normalized spacial score (nSPS) is 21.3. The van der Waals surface area contributed by atoms with Crippen LogP contribution in [-0.4, -0.2) is 34.6 Å². The van der Waals surface area contributed by atoms with E-state index >= 15 is 0 Å². The van der Waals surface area contributed by atoms with Crippen LogP contribution in [0, 0.1) is 6.92 Å². The van der Waals surface area contributed by atoms with Gasteiger partial charge >= 0.3 is 0 Å². The second-order valence-electron chi connectivity index (χ2n) is 6.33. The summed E-state index contributed by atoms with van der Waals surface area (Å²) in [5.74, 6) is 0.466. The number of hydrogen-bond donors (Lipinski definition) is 0. The van der Waals surface area contributed by atoms with E-state index in [2.05, 4.69) is 9.97 Å². The fourth-order valence-electron chi connectivity index (χ4n) is 2.72. The zero-order chi connectivity index (χ0) is 18.0. The predicted octanol–water partition coefficient (Wildman–Crippen LogP) is 3.86. The van der Waals surface area contributed by atoms with Gasteiger partial charge in [0.25, 0.3) is 0 Å². The topological polar surface area (TPSA) is 61.3 Å². The number of rotatable bonds is 6. The number of pyridine rings is 1. The average molecular weight is 364 g/mol. The molecule has 1 aliphatic rings. The molecule has 0 amide bonds. The number of carbonyl (C=O) groups is 1. The zero-order valence-corrected chi connectivity index (χ0v) is 15.3. The van der Waals surface area contributed by atoms with Gasteiger partial charge in [0.1, 0.15) is 28.7 Å². The molecule has 7 heteroatoms. The molecule has 1 saturated heterocycles. The lowest BCUT2D eigenvalue weighted by atomic mass is 10.1. The number of thiazole rings is 1. The molecular weight excluding hydrogens is 343 g/mol. The van der Waals surface area contributed by atoms with Gasteiger partial charge in [0.2, 0.25) is 0 Å². The number of nitrogens with zero attached hydrogens (tertiary/aromatic N) is 2. The Hall–Kier alpha value is -1.86. The van der Waals surface area contributed by atoms with Crippen molar-refractivity contribution in [1.82, 2.24) is 9.97 Å². The number of ether oxygens (including phenoxy) is 2. The van der Waals surface area contributed by atoms with Crippen LogP contribution in [-0.2, 0) is 11.2 Å². The summed E-state index contributed by atoms with van der Waals surface area (Å²) in [7, 11) is 0. The Morgan fingerprint density at radius 1 is 1.48 bits per heavy atom.